The molecular formula is C25H22ClNO7. The molecular weight excluding hydrogens is 462 g/mol. The van der Waals surface area contributed by atoms with Crippen molar-refractivity contribution in [2.75, 3.05) is 21.3 Å². The number of carbonyl (C=O) groups is 2. The molecule has 1 fully saturated rings. The van der Waals surface area contributed by atoms with Crippen LogP contribution in [-0.2, 0) is 16.1 Å². The molecule has 1 aliphatic rings. The van der Waals surface area contributed by atoms with Crippen molar-refractivity contribution in [2.24, 2.45) is 0 Å². The zero-order chi connectivity index (χ0) is 24.4. The second-order valence-electron chi connectivity index (χ2n) is 7.47. The van der Waals surface area contributed by atoms with E-state index in [1.165, 1.54) is 44.6 Å². The van der Waals surface area contributed by atoms with Crippen molar-refractivity contribution >= 4 is 29.1 Å². The van der Waals surface area contributed by atoms with Crippen LogP contribution in [0.2, 0.25) is 5.02 Å². The van der Waals surface area contributed by atoms with Crippen LogP contribution >= 0.6 is 11.6 Å². The second kappa shape index (κ2) is 9.52. The highest BCUT2D eigenvalue weighted by molar-refractivity contribution is 6.46. The van der Waals surface area contributed by atoms with Crippen LogP contribution < -0.4 is 14.2 Å². The van der Waals surface area contributed by atoms with Gasteiger partial charge >= 0.3 is 0 Å². The topological polar surface area (TPSA) is 98.4 Å². The van der Waals surface area contributed by atoms with Crippen LogP contribution in [0.3, 0.4) is 0 Å². The molecule has 9 heteroatoms. The van der Waals surface area contributed by atoms with Gasteiger partial charge in [-0.25, -0.2) is 0 Å². The lowest BCUT2D eigenvalue weighted by Crippen LogP contribution is -2.29. The van der Waals surface area contributed by atoms with E-state index >= 15 is 0 Å². The van der Waals surface area contributed by atoms with E-state index in [0.29, 0.717) is 22.8 Å². The molecule has 1 atom stereocenters. The summed E-state index contributed by atoms with van der Waals surface area (Å²) < 4.78 is 21.2. The maximum Gasteiger partial charge on any atom is 0.296 e. The molecule has 1 unspecified atom stereocenters. The van der Waals surface area contributed by atoms with Crippen molar-refractivity contribution in [3.63, 3.8) is 0 Å². The van der Waals surface area contributed by atoms with E-state index in [0.717, 1.165) is 0 Å². The van der Waals surface area contributed by atoms with Crippen LogP contribution in [0, 0.1) is 0 Å². The van der Waals surface area contributed by atoms with Crippen molar-refractivity contribution in [2.45, 2.75) is 12.6 Å². The summed E-state index contributed by atoms with van der Waals surface area (Å²) in [6.07, 6.45) is 1.48. The first kappa shape index (κ1) is 23.3. The highest BCUT2D eigenvalue weighted by Gasteiger charge is 2.46. The number of Topliss-reactive ketones (excluding diaryl/α,β-unsaturated/α-hetero) is 1. The summed E-state index contributed by atoms with van der Waals surface area (Å²) in [5.41, 5.74) is 0.663. The minimum atomic E-state index is -0.887. The molecule has 2 heterocycles. The molecule has 1 aromatic heterocycles. The zero-order valence-electron chi connectivity index (χ0n) is 18.7. The van der Waals surface area contributed by atoms with E-state index in [4.69, 9.17) is 30.2 Å². The molecule has 34 heavy (non-hydrogen) atoms. The van der Waals surface area contributed by atoms with Gasteiger partial charge in [0.2, 0.25) is 0 Å². The maximum absolute atomic E-state index is 13.2. The lowest BCUT2D eigenvalue weighted by Gasteiger charge is -2.25. The second-order valence-corrected chi connectivity index (χ2v) is 7.87. The van der Waals surface area contributed by atoms with Crippen LogP contribution in [0.1, 0.15) is 22.9 Å². The van der Waals surface area contributed by atoms with Gasteiger partial charge in [-0.15, -0.1) is 0 Å². The Morgan fingerprint density at radius 3 is 2.32 bits per heavy atom. The third kappa shape index (κ3) is 4.08. The normalized spacial score (nSPS) is 17.2. The van der Waals surface area contributed by atoms with Gasteiger partial charge < -0.3 is 28.6 Å². The molecule has 0 radical (unpaired) electrons. The standard InChI is InChI=1S/C25H22ClNO7/c1-31-15-8-6-14(7-9-15)22-21(24(29)25(30)27(22)13-16-5-4-10-34-16)23(28)17-11-18(26)20(33-3)12-19(17)32-2/h4-12,22,28H,13H2,1-3H3/b23-21+. The lowest BCUT2D eigenvalue weighted by molar-refractivity contribution is -0.140. The highest BCUT2D eigenvalue weighted by atomic mass is 35.5. The number of aliphatic hydroxyl groups excluding tert-OH is 1. The lowest BCUT2D eigenvalue weighted by atomic mass is 9.95. The summed E-state index contributed by atoms with van der Waals surface area (Å²) in [7, 11) is 4.40. The van der Waals surface area contributed by atoms with Gasteiger partial charge in [-0.3, -0.25) is 9.59 Å². The molecule has 8 nitrogen and oxygen atoms in total. The molecule has 3 aromatic rings. The van der Waals surface area contributed by atoms with E-state index in [1.807, 2.05) is 0 Å². The fourth-order valence-electron chi connectivity index (χ4n) is 3.94. The summed E-state index contributed by atoms with van der Waals surface area (Å²) in [5.74, 6) is -0.357. The number of hydrogen-bond acceptors (Lipinski definition) is 7. The van der Waals surface area contributed by atoms with Crippen molar-refractivity contribution in [3.05, 3.63) is 82.3 Å². The molecule has 0 aliphatic carbocycles. The zero-order valence-corrected chi connectivity index (χ0v) is 19.5. The number of methoxy groups -OCH3 is 3. The van der Waals surface area contributed by atoms with Crippen LogP contribution in [0.25, 0.3) is 5.76 Å². The average molecular weight is 484 g/mol. The Morgan fingerprint density at radius 1 is 1.03 bits per heavy atom. The van der Waals surface area contributed by atoms with Crippen LogP contribution in [0.4, 0.5) is 0 Å². The number of nitrogens with zero attached hydrogens (tertiary/aromatic N) is 1. The van der Waals surface area contributed by atoms with Crippen LogP contribution in [0.15, 0.2) is 64.8 Å². The largest absolute Gasteiger partial charge is 0.507 e. The number of halogens is 1. The van der Waals surface area contributed by atoms with Gasteiger partial charge in [-0.1, -0.05) is 23.7 Å². The Labute approximate surface area is 200 Å². The summed E-state index contributed by atoms with van der Waals surface area (Å²) in [6.45, 7) is 0.0333. The Kier molecular flexibility index (Phi) is 6.51. The number of ketones is 1. The third-order valence-corrected chi connectivity index (χ3v) is 5.90. The fourth-order valence-corrected chi connectivity index (χ4v) is 4.18. The number of benzene rings is 2. The van der Waals surface area contributed by atoms with Crippen molar-refractivity contribution in [3.8, 4) is 17.2 Å². The monoisotopic (exact) mass is 483 g/mol. The number of amides is 1. The Bertz CT molecular complexity index is 1250. The van der Waals surface area contributed by atoms with E-state index in [1.54, 1.807) is 36.4 Å². The number of ether oxygens (including phenoxy) is 3. The van der Waals surface area contributed by atoms with Gasteiger partial charge in [-0.2, -0.15) is 0 Å². The van der Waals surface area contributed by atoms with Gasteiger partial charge in [0.05, 0.1) is 56.3 Å². The number of carbonyl (C=O) groups excluding carboxylic acids is 2. The summed E-state index contributed by atoms with van der Waals surface area (Å²) >= 11 is 6.28. The molecule has 4 rings (SSSR count). The van der Waals surface area contributed by atoms with E-state index < -0.39 is 23.5 Å². The Balaban J connectivity index is 1.91. The van der Waals surface area contributed by atoms with E-state index in [2.05, 4.69) is 0 Å². The SMILES string of the molecule is COc1ccc(C2/C(=C(\O)c3cc(Cl)c(OC)cc3OC)C(=O)C(=O)N2Cc2ccco2)cc1. The first-order chi connectivity index (χ1) is 16.4. The predicted octanol–water partition coefficient (Wildman–Crippen LogP) is 4.58. The molecule has 2 aromatic carbocycles. The number of rotatable bonds is 7. The highest BCUT2D eigenvalue weighted by Crippen LogP contribution is 2.43. The summed E-state index contributed by atoms with van der Waals surface area (Å²) in [4.78, 5) is 27.7. The number of aliphatic hydroxyl groups is 1. The number of furan rings is 1. The first-order valence-electron chi connectivity index (χ1n) is 10.3. The molecule has 0 saturated carbocycles. The number of likely N-dealkylation sites (tertiary alicyclic amines) is 1. The molecule has 176 valence electrons. The van der Waals surface area contributed by atoms with Gasteiger partial charge in [0.1, 0.15) is 28.8 Å². The average Bonchev–Trinajstić information content (AvgIpc) is 3.46. The molecule has 1 N–H and O–H groups in total. The van der Waals surface area contributed by atoms with Crippen LogP contribution in [-0.4, -0.2) is 43.0 Å². The smallest absolute Gasteiger partial charge is 0.296 e. The van der Waals surface area contributed by atoms with Crippen molar-refractivity contribution < 1.29 is 33.3 Å². The molecule has 1 saturated heterocycles. The van der Waals surface area contributed by atoms with Gasteiger partial charge in [-0.05, 0) is 35.9 Å². The van der Waals surface area contributed by atoms with Crippen molar-refractivity contribution in [1.29, 1.82) is 0 Å². The molecule has 0 bridgehead atoms. The minimum Gasteiger partial charge on any atom is -0.507 e. The summed E-state index contributed by atoms with van der Waals surface area (Å²) in [6, 6.07) is 12.3. The van der Waals surface area contributed by atoms with Crippen molar-refractivity contribution in [1.82, 2.24) is 4.90 Å². The summed E-state index contributed by atoms with van der Waals surface area (Å²) in [5, 5.41) is 11.5. The molecule has 1 aliphatic heterocycles. The Morgan fingerprint density at radius 2 is 1.74 bits per heavy atom. The number of hydrogen-bond donors (Lipinski definition) is 1. The Hall–Kier alpha value is -3.91. The fraction of sp³-hybridized carbons (Fsp3) is 0.200. The van der Waals surface area contributed by atoms with Crippen LogP contribution in [0.5, 0.6) is 17.2 Å². The molecule has 1 amide bonds. The molecule has 0 spiro atoms. The van der Waals surface area contributed by atoms with Gasteiger partial charge in [0.15, 0.2) is 0 Å². The predicted molar refractivity (Wildman–Crippen MR) is 124 cm³/mol. The van der Waals surface area contributed by atoms with Gasteiger partial charge in [0.25, 0.3) is 11.7 Å². The van der Waals surface area contributed by atoms with E-state index in [-0.39, 0.29) is 28.5 Å². The van der Waals surface area contributed by atoms with E-state index in [9.17, 15) is 14.7 Å². The van der Waals surface area contributed by atoms with Gasteiger partial charge in [0, 0.05) is 6.07 Å². The first-order valence-corrected chi connectivity index (χ1v) is 10.6. The minimum absolute atomic E-state index is 0.0333. The third-order valence-electron chi connectivity index (χ3n) is 5.61. The maximum atomic E-state index is 13.2. The quantitative estimate of drug-likeness (QED) is 0.298.